The summed E-state index contributed by atoms with van der Waals surface area (Å²) in [4.78, 5) is 9.12. The van der Waals surface area contributed by atoms with Crippen molar-refractivity contribution < 1.29 is 18.0 Å². The van der Waals surface area contributed by atoms with Gasteiger partial charge in [0.2, 0.25) is 0 Å². The maximum Gasteiger partial charge on any atom is 0.470 e. The van der Waals surface area contributed by atoms with Crippen LogP contribution in [0.25, 0.3) is 0 Å². The van der Waals surface area contributed by atoms with Gasteiger partial charge in [-0.25, -0.2) is 0 Å². The molecule has 5 N–H and O–H groups in total. The zero-order chi connectivity index (χ0) is 6.08. The lowest BCUT2D eigenvalue weighted by atomic mass is 10.6. The van der Waals surface area contributed by atoms with Crippen molar-refractivity contribution in [2.75, 3.05) is 0 Å². The van der Waals surface area contributed by atoms with E-state index in [2.05, 4.69) is 5.73 Å². The average Bonchev–Trinajstić information content (AvgIpc) is 1.31. The van der Waals surface area contributed by atoms with Gasteiger partial charge < -0.3 is 11.9 Å². The summed E-state index contributed by atoms with van der Waals surface area (Å²) in [6.07, 6.45) is -4.86. The van der Waals surface area contributed by atoms with Gasteiger partial charge in [0, 0.05) is 0 Å². The van der Waals surface area contributed by atoms with E-state index in [-0.39, 0.29) is 6.15 Å². The van der Waals surface area contributed by atoms with Gasteiger partial charge in [-0.1, -0.05) is 0 Å². The number of rotatable bonds is 0. The Morgan fingerprint density at radius 3 is 1.50 bits per heavy atom. The summed E-state index contributed by atoms with van der Waals surface area (Å²) in [7, 11) is 0. The van der Waals surface area contributed by atoms with E-state index in [1.165, 1.54) is 0 Å². The number of hydrogen-bond donors (Lipinski definition) is 2. The standard InChI is InChI=1S/C2H2F3NO.H3N/c3-2(4,5)1(6)7;/h(H2,6,7);1H3. The number of primary amides is 1. The molecule has 0 fully saturated rings. The third-order valence-electron chi connectivity index (χ3n) is 0.279. The molecule has 0 bridgehead atoms. The Morgan fingerprint density at radius 1 is 1.38 bits per heavy atom. The van der Waals surface area contributed by atoms with Crippen molar-refractivity contribution in [2.45, 2.75) is 6.18 Å². The molecule has 0 aromatic carbocycles. The summed E-state index contributed by atoms with van der Waals surface area (Å²) in [6.45, 7) is 0. The molecular weight excluding hydrogens is 125 g/mol. The quantitative estimate of drug-likeness (QED) is 0.491. The molecule has 0 atom stereocenters. The van der Waals surface area contributed by atoms with Gasteiger partial charge in [-0.05, 0) is 0 Å². The van der Waals surface area contributed by atoms with Crippen molar-refractivity contribution in [1.82, 2.24) is 6.15 Å². The first-order valence-electron chi connectivity index (χ1n) is 1.31. The molecule has 3 nitrogen and oxygen atoms in total. The molecule has 0 radical (unpaired) electrons. The highest BCUT2D eigenvalue weighted by molar-refractivity contribution is 5.79. The fraction of sp³-hybridized carbons (Fsp3) is 0.500. The average molecular weight is 130 g/mol. The van der Waals surface area contributed by atoms with E-state index < -0.39 is 12.1 Å². The summed E-state index contributed by atoms with van der Waals surface area (Å²) in [5, 5.41) is 0. The summed E-state index contributed by atoms with van der Waals surface area (Å²) in [5.41, 5.74) is 3.81. The molecule has 0 unspecified atom stereocenters. The van der Waals surface area contributed by atoms with E-state index in [9.17, 15) is 13.2 Å². The molecule has 0 rings (SSSR count). The van der Waals surface area contributed by atoms with Gasteiger partial charge in [-0.2, -0.15) is 13.2 Å². The van der Waals surface area contributed by atoms with Gasteiger partial charge in [0.25, 0.3) is 0 Å². The van der Waals surface area contributed by atoms with Crippen LogP contribution in [0.4, 0.5) is 13.2 Å². The van der Waals surface area contributed by atoms with Crippen LogP contribution in [-0.4, -0.2) is 12.1 Å². The molecule has 0 aromatic heterocycles. The fourth-order valence-corrected chi connectivity index (χ4v) is 0. The first kappa shape index (κ1) is 10.3. The maximum absolute atomic E-state index is 10.7. The Balaban J connectivity index is 0. The molecule has 50 valence electrons. The van der Waals surface area contributed by atoms with Crippen LogP contribution in [0.5, 0.6) is 0 Å². The highest BCUT2D eigenvalue weighted by Crippen LogP contribution is 2.11. The largest absolute Gasteiger partial charge is 0.470 e. The predicted molar refractivity (Wildman–Crippen MR) is 20.3 cm³/mol. The van der Waals surface area contributed by atoms with Crippen molar-refractivity contribution in [1.29, 1.82) is 0 Å². The minimum atomic E-state index is -4.86. The molecule has 0 aliphatic carbocycles. The minimum Gasteiger partial charge on any atom is -0.362 e. The van der Waals surface area contributed by atoms with Crippen molar-refractivity contribution in [3.8, 4) is 0 Å². The lowest BCUT2D eigenvalue weighted by Gasteiger charge is -1.95. The van der Waals surface area contributed by atoms with Crippen LogP contribution in [0.1, 0.15) is 0 Å². The molecule has 0 aliphatic rings. The summed E-state index contributed by atoms with van der Waals surface area (Å²) in [5.74, 6) is -2.26. The van der Waals surface area contributed by atoms with Crippen LogP contribution < -0.4 is 11.9 Å². The SMILES string of the molecule is N.NC(=O)C(F)(F)F. The maximum atomic E-state index is 10.7. The molecule has 0 heterocycles. The zero-order valence-corrected chi connectivity index (χ0v) is 3.83. The predicted octanol–water partition coefficient (Wildman–Crippen LogP) is 0.196. The Hall–Kier alpha value is -0.780. The van der Waals surface area contributed by atoms with Crippen LogP contribution >= 0.6 is 0 Å². The molecule has 0 spiro atoms. The second-order valence-electron chi connectivity index (χ2n) is 0.862. The molecule has 0 saturated carbocycles. The minimum absolute atomic E-state index is 0. The van der Waals surface area contributed by atoms with Crippen molar-refractivity contribution in [3.63, 3.8) is 0 Å². The topological polar surface area (TPSA) is 78.1 Å². The number of hydrogen-bond acceptors (Lipinski definition) is 2. The number of halogens is 3. The van der Waals surface area contributed by atoms with Crippen LogP contribution in [0.2, 0.25) is 0 Å². The molecule has 0 aromatic rings. The van der Waals surface area contributed by atoms with Crippen molar-refractivity contribution in [3.05, 3.63) is 0 Å². The molecule has 0 saturated heterocycles. The van der Waals surface area contributed by atoms with Gasteiger partial charge in [-0.3, -0.25) is 4.79 Å². The Labute approximate surface area is 43.2 Å². The van der Waals surface area contributed by atoms with Gasteiger partial charge in [-0.15, -0.1) is 0 Å². The van der Waals surface area contributed by atoms with E-state index in [1.807, 2.05) is 0 Å². The van der Waals surface area contributed by atoms with Crippen molar-refractivity contribution in [2.24, 2.45) is 5.73 Å². The Bertz CT molecular complexity index is 87.8. The van der Waals surface area contributed by atoms with Crippen LogP contribution in [-0.2, 0) is 4.79 Å². The zero-order valence-electron chi connectivity index (χ0n) is 3.83. The summed E-state index contributed by atoms with van der Waals surface area (Å²) >= 11 is 0. The second kappa shape index (κ2) is 2.51. The number of carbonyl (C=O) groups is 1. The second-order valence-corrected chi connectivity index (χ2v) is 0.862. The smallest absolute Gasteiger partial charge is 0.362 e. The van der Waals surface area contributed by atoms with Gasteiger partial charge in [0.1, 0.15) is 0 Å². The molecule has 1 amide bonds. The van der Waals surface area contributed by atoms with Crippen LogP contribution in [0, 0.1) is 0 Å². The van der Waals surface area contributed by atoms with E-state index in [1.54, 1.807) is 0 Å². The van der Waals surface area contributed by atoms with E-state index in [0.717, 1.165) is 0 Å². The number of alkyl halides is 3. The van der Waals surface area contributed by atoms with E-state index >= 15 is 0 Å². The molecule has 6 heteroatoms. The highest BCUT2D eigenvalue weighted by Gasteiger charge is 2.35. The van der Waals surface area contributed by atoms with Crippen molar-refractivity contribution >= 4 is 5.91 Å². The third-order valence-corrected chi connectivity index (χ3v) is 0.279. The first-order chi connectivity index (χ1) is 2.94. The number of nitrogens with two attached hydrogens (primary N) is 1. The van der Waals surface area contributed by atoms with E-state index in [4.69, 9.17) is 4.79 Å². The fourth-order valence-electron chi connectivity index (χ4n) is 0. The summed E-state index contributed by atoms with van der Waals surface area (Å²) < 4.78 is 32.1. The number of carbonyl (C=O) groups excluding carboxylic acids is 1. The van der Waals surface area contributed by atoms with Crippen LogP contribution in [0.3, 0.4) is 0 Å². The molecule has 0 aliphatic heterocycles. The first-order valence-corrected chi connectivity index (χ1v) is 1.31. The number of amides is 1. The van der Waals surface area contributed by atoms with Gasteiger partial charge >= 0.3 is 12.1 Å². The van der Waals surface area contributed by atoms with Gasteiger partial charge in [0.05, 0.1) is 0 Å². The lowest BCUT2D eigenvalue weighted by molar-refractivity contribution is -0.169. The highest BCUT2D eigenvalue weighted by atomic mass is 19.4. The van der Waals surface area contributed by atoms with Gasteiger partial charge in [0.15, 0.2) is 0 Å². The summed E-state index contributed by atoms with van der Waals surface area (Å²) in [6, 6.07) is 0. The third kappa shape index (κ3) is 3.41. The Morgan fingerprint density at radius 2 is 1.50 bits per heavy atom. The molecule has 8 heavy (non-hydrogen) atoms. The lowest BCUT2D eigenvalue weighted by Crippen LogP contribution is -2.30. The van der Waals surface area contributed by atoms with E-state index in [0.29, 0.717) is 0 Å². The molecular formula is C2H5F3N2O. The van der Waals surface area contributed by atoms with Crippen LogP contribution in [0.15, 0.2) is 0 Å². The normalized spacial score (nSPS) is 9.88. The Kier molecular flexibility index (Phi) is 3.21. The monoisotopic (exact) mass is 130 g/mol.